The van der Waals surface area contributed by atoms with Gasteiger partial charge in [0.15, 0.2) is 18.1 Å². The average Bonchev–Trinajstić information content (AvgIpc) is 3.48. The molecule has 1 aromatic heterocycles. The van der Waals surface area contributed by atoms with Crippen LogP contribution < -0.4 is 0 Å². The monoisotopic (exact) mass is 677 g/mol. The van der Waals surface area contributed by atoms with Crippen LogP contribution in [0.1, 0.15) is 90.9 Å². The Labute approximate surface area is 284 Å². The molecule has 0 radical (unpaired) electrons. The lowest BCUT2D eigenvalue weighted by Gasteiger charge is -2.59. The lowest BCUT2D eigenvalue weighted by Crippen LogP contribution is -2.61. The van der Waals surface area contributed by atoms with Gasteiger partial charge in [-0.05, 0) is 63.0 Å². The average molecular weight is 678 g/mol. The van der Waals surface area contributed by atoms with Crippen LogP contribution in [0.5, 0.6) is 0 Å². The molecule has 1 aromatic rings. The van der Waals surface area contributed by atoms with E-state index >= 15 is 0 Å². The van der Waals surface area contributed by atoms with Gasteiger partial charge in [0.25, 0.3) is 0 Å². The number of aliphatic hydroxyl groups excluding tert-OH is 1. The normalized spacial score (nSPS) is 33.1. The van der Waals surface area contributed by atoms with Gasteiger partial charge in [-0.25, -0.2) is 0 Å². The molecule has 0 amide bonds. The van der Waals surface area contributed by atoms with Crippen LogP contribution in [0.2, 0.25) is 0 Å². The van der Waals surface area contributed by atoms with E-state index in [0.29, 0.717) is 24.1 Å². The summed E-state index contributed by atoms with van der Waals surface area (Å²) in [5.74, 6) is -3.43. The van der Waals surface area contributed by atoms with Gasteiger partial charge >= 0.3 is 11.9 Å². The third-order valence-corrected chi connectivity index (χ3v) is 12.4. The molecule has 0 saturated heterocycles. The summed E-state index contributed by atoms with van der Waals surface area (Å²) in [5.41, 5.74) is -0.991. The minimum atomic E-state index is -1.80. The van der Waals surface area contributed by atoms with Gasteiger partial charge in [0.05, 0.1) is 31.6 Å². The Hall–Kier alpha value is -4.16. The van der Waals surface area contributed by atoms with E-state index in [1.807, 2.05) is 13.0 Å². The van der Waals surface area contributed by atoms with Crippen LogP contribution in [0.15, 0.2) is 35.6 Å². The topological polar surface area (TPSA) is 176 Å². The number of ketones is 4. The Balaban J connectivity index is 1.04. The fraction of sp³-hybridized carbons (Fsp3) is 0.568. The molecule has 0 bridgehead atoms. The van der Waals surface area contributed by atoms with Crippen molar-refractivity contribution in [3.05, 3.63) is 58.2 Å². The molecule has 6 rings (SSSR count). The molecule has 262 valence electrons. The second kappa shape index (κ2) is 12.3. The maximum Gasteiger partial charge on any atom is 0.306 e. The van der Waals surface area contributed by atoms with Crippen molar-refractivity contribution in [3.63, 3.8) is 0 Å². The van der Waals surface area contributed by atoms with Gasteiger partial charge in [0.1, 0.15) is 17.9 Å². The first-order valence-corrected chi connectivity index (χ1v) is 16.8. The van der Waals surface area contributed by atoms with Crippen molar-refractivity contribution in [2.75, 3.05) is 13.7 Å². The van der Waals surface area contributed by atoms with Gasteiger partial charge in [0.2, 0.25) is 17.3 Å². The number of aliphatic hydroxyl groups is 2. The summed E-state index contributed by atoms with van der Waals surface area (Å²) >= 11 is 0. The van der Waals surface area contributed by atoms with Crippen LogP contribution in [0.4, 0.5) is 0 Å². The van der Waals surface area contributed by atoms with Crippen molar-refractivity contribution in [3.8, 4) is 0 Å². The Bertz CT molecular complexity index is 1760. The third kappa shape index (κ3) is 5.34. The molecule has 5 aliphatic rings. The van der Waals surface area contributed by atoms with Crippen molar-refractivity contribution in [1.82, 2.24) is 4.57 Å². The molecule has 1 heterocycles. The maximum atomic E-state index is 13.5. The Morgan fingerprint density at radius 1 is 1.04 bits per heavy atom. The van der Waals surface area contributed by atoms with E-state index in [4.69, 9.17) is 14.2 Å². The predicted molar refractivity (Wildman–Crippen MR) is 172 cm³/mol. The standard InChI is InChI=1S/C37H43NO11/c1-19-23(31-33(38(19)4)25(40)15-27(47-5)34(31)45)17-48-29(43)8-9-30(44)49-18-28(42)37(46)13-11-24-22-7-6-20-14-21(39)10-12-35(20,2)32(22)26(41)16-36(24,37)3/h10,12,14-15,22,24,26,32,41,46H,6-9,11,13,16-18H2,1-5H3/t22-,24-,26-,32+,35-,36-,37-/m0/s1. The number of aromatic nitrogens is 1. The van der Waals surface area contributed by atoms with E-state index in [9.17, 15) is 39.0 Å². The van der Waals surface area contributed by atoms with Crippen molar-refractivity contribution in [2.24, 2.45) is 35.6 Å². The molecular formula is C37H43NO11. The summed E-state index contributed by atoms with van der Waals surface area (Å²) in [4.78, 5) is 76.3. The van der Waals surface area contributed by atoms with Crippen LogP contribution in [-0.2, 0) is 47.0 Å². The zero-order valence-corrected chi connectivity index (χ0v) is 28.5. The molecule has 12 heteroatoms. The summed E-state index contributed by atoms with van der Waals surface area (Å²) in [7, 11) is 2.92. The Kier molecular flexibility index (Phi) is 8.72. The minimum absolute atomic E-state index is 0.0337. The molecule has 0 unspecified atom stereocenters. The number of Topliss-reactive ketones (excluding diaryl/α,β-unsaturated/α-hetero) is 2. The predicted octanol–water partition coefficient (Wildman–Crippen LogP) is 3.19. The molecule has 12 nitrogen and oxygen atoms in total. The van der Waals surface area contributed by atoms with Gasteiger partial charge in [-0.15, -0.1) is 0 Å². The van der Waals surface area contributed by atoms with E-state index in [1.165, 1.54) is 7.11 Å². The second-order valence-electron chi connectivity index (χ2n) is 14.6. The van der Waals surface area contributed by atoms with Crippen LogP contribution in [0.3, 0.4) is 0 Å². The van der Waals surface area contributed by atoms with Gasteiger partial charge < -0.3 is 29.0 Å². The number of methoxy groups -OCH3 is 1. The molecule has 5 aliphatic carbocycles. The lowest BCUT2D eigenvalue weighted by molar-refractivity contribution is -0.181. The largest absolute Gasteiger partial charge is 0.492 e. The molecule has 0 spiro atoms. The van der Waals surface area contributed by atoms with Crippen LogP contribution in [-0.4, -0.2) is 75.3 Å². The van der Waals surface area contributed by atoms with E-state index in [0.717, 1.165) is 18.1 Å². The summed E-state index contributed by atoms with van der Waals surface area (Å²) in [6, 6.07) is 0. The zero-order chi connectivity index (χ0) is 35.6. The van der Waals surface area contributed by atoms with Crippen molar-refractivity contribution >= 4 is 35.1 Å². The van der Waals surface area contributed by atoms with Crippen LogP contribution in [0, 0.1) is 35.5 Å². The number of carbonyl (C=O) groups excluding carboxylic acids is 6. The number of fused-ring (bicyclic) bond motifs is 6. The first kappa shape index (κ1) is 34.7. The molecule has 3 fully saturated rings. The highest BCUT2D eigenvalue weighted by Gasteiger charge is 2.68. The highest BCUT2D eigenvalue weighted by Crippen LogP contribution is 2.67. The fourth-order valence-electron chi connectivity index (χ4n) is 9.65. The first-order valence-electron chi connectivity index (χ1n) is 16.8. The molecule has 49 heavy (non-hydrogen) atoms. The number of hydrogen-bond donors (Lipinski definition) is 2. The highest BCUT2D eigenvalue weighted by molar-refractivity contribution is 6.24. The van der Waals surface area contributed by atoms with Crippen molar-refractivity contribution in [1.29, 1.82) is 0 Å². The quantitative estimate of drug-likeness (QED) is 0.367. The van der Waals surface area contributed by atoms with Crippen LogP contribution >= 0.6 is 0 Å². The number of hydrogen-bond acceptors (Lipinski definition) is 11. The molecule has 2 N–H and O–H groups in total. The fourth-order valence-corrected chi connectivity index (χ4v) is 9.65. The number of ether oxygens (including phenoxy) is 3. The molecule has 0 aromatic carbocycles. The summed E-state index contributed by atoms with van der Waals surface area (Å²) in [5, 5.41) is 23.4. The molecular weight excluding hydrogens is 634 g/mol. The summed E-state index contributed by atoms with van der Waals surface area (Å²) in [6.45, 7) is 4.61. The smallest absolute Gasteiger partial charge is 0.306 e. The number of rotatable bonds is 9. The summed E-state index contributed by atoms with van der Waals surface area (Å²) < 4.78 is 17.2. The van der Waals surface area contributed by atoms with E-state index < -0.39 is 58.4 Å². The third-order valence-electron chi connectivity index (χ3n) is 12.4. The van der Waals surface area contributed by atoms with E-state index in [1.54, 1.807) is 30.7 Å². The maximum absolute atomic E-state index is 13.5. The minimum Gasteiger partial charge on any atom is -0.492 e. The van der Waals surface area contributed by atoms with E-state index in [-0.39, 0.29) is 72.8 Å². The molecule has 7 atom stereocenters. The Morgan fingerprint density at radius 3 is 2.43 bits per heavy atom. The van der Waals surface area contributed by atoms with E-state index in [2.05, 4.69) is 6.92 Å². The van der Waals surface area contributed by atoms with Crippen molar-refractivity contribution < 1.29 is 53.2 Å². The lowest BCUT2D eigenvalue weighted by atomic mass is 9.46. The van der Waals surface area contributed by atoms with Crippen molar-refractivity contribution in [2.45, 2.75) is 84.0 Å². The van der Waals surface area contributed by atoms with Gasteiger partial charge in [-0.3, -0.25) is 28.8 Å². The number of esters is 2. The highest BCUT2D eigenvalue weighted by atomic mass is 16.5. The molecule has 3 saturated carbocycles. The van der Waals surface area contributed by atoms with Crippen LogP contribution in [0.25, 0.3) is 0 Å². The molecule has 0 aliphatic heterocycles. The number of carbonyl (C=O) groups is 6. The van der Waals surface area contributed by atoms with Gasteiger partial charge in [-0.1, -0.05) is 25.5 Å². The second-order valence-corrected chi connectivity index (χ2v) is 14.6. The first-order chi connectivity index (χ1) is 23.1. The van der Waals surface area contributed by atoms with Gasteiger partial charge in [0, 0.05) is 41.1 Å². The number of allylic oxidation sites excluding steroid dienone is 6. The van der Waals surface area contributed by atoms with Gasteiger partial charge in [-0.2, -0.15) is 0 Å². The number of nitrogens with zero attached hydrogens (tertiary/aromatic N) is 1. The Morgan fingerprint density at radius 2 is 1.73 bits per heavy atom. The zero-order valence-electron chi connectivity index (χ0n) is 28.5. The SMILES string of the molecule is COC1=CC(=O)c2c(c(COC(=O)CCC(=O)OCC(=O)[C@@]3(O)CC[C@H]4[C@@H]5CCC6=CC(=O)C=C[C@]6(C)[C@H]5[C@@H](O)C[C@@]43C)c(C)n2C)C1=O. The summed E-state index contributed by atoms with van der Waals surface area (Å²) in [6.07, 6.45) is 7.12.